The molecule has 6 heteroatoms. The van der Waals surface area contributed by atoms with Crippen molar-refractivity contribution in [3.05, 3.63) is 64.1 Å². The van der Waals surface area contributed by atoms with E-state index in [1.807, 2.05) is 29.6 Å². The van der Waals surface area contributed by atoms with Crippen LogP contribution >= 0.6 is 11.3 Å². The Hall–Kier alpha value is -2.86. The second-order valence-electron chi connectivity index (χ2n) is 6.32. The number of hydrogen-bond acceptors (Lipinski definition) is 4. The summed E-state index contributed by atoms with van der Waals surface area (Å²) in [5, 5.41) is 4.94. The number of thiophene rings is 1. The van der Waals surface area contributed by atoms with Crippen LogP contribution < -0.4 is 14.8 Å². The van der Waals surface area contributed by atoms with Crippen LogP contribution in [0.2, 0.25) is 0 Å². The molecule has 1 N–H and O–H groups in total. The lowest BCUT2D eigenvalue weighted by Gasteiger charge is -2.24. The van der Waals surface area contributed by atoms with Gasteiger partial charge in [0.1, 0.15) is 5.82 Å². The molecule has 2 heterocycles. The van der Waals surface area contributed by atoms with Gasteiger partial charge in [-0.25, -0.2) is 4.39 Å². The van der Waals surface area contributed by atoms with E-state index in [-0.39, 0.29) is 17.6 Å². The fraction of sp³-hybridized carbons (Fsp3) is 0.190. The van der Waals surface area contributed by atoms with Crippen molar-refractivity contribution in [2.75, 3.05) is 19.5 Å². The number of ether oxygens (including phenoxy) is 2. The number of carbonyl (C=O) groups excluding carboxylic acids is 1. The van der Waals surface area contributed by atoms with E-state index in [4.69, 9.17) is 9.47 Å². The molecule has 1 aliphatic rings. The third kappa shape index (κ3) is 3.17. The van der Waals surface area contributed by atoms with Gasteiger partial charge >= 0.3 is 0 Å². The van der Waals surface area contributed by atoms with Crippen molar-refractivity contribution in [3.63, 3.8) is 0 Å². The van der Waals surface area contributed by atoms with Crippen LogP contribution in [0.15, 0.2) is 47.8 Å². The molecular formula is C21H18FNO3S. The van der Waals surface area contributed by atoms with Gasteiger partial charge < -0.3 is 14.8 Å². The molecule has 0 spiro atoms. The van der Waals surface area contributed by atoms with Gasteiger partial charge in [0, 0.05) is 28.2 Å². The maximum Gasteiger partial charge on any atom is 0.225 e. The smallest absolute Gasteiger partial charge is 0.225 e. The monoisotopic (exact) mass is 383 g/mol. The first-order valence-corrected chi connectivity index (χ1v) is 9.37. The molecule has 4 rings (SSSR count). The summed E-state index contributed by atoms with van der Waals surface area (Å²) in [7, 11) is 3.18. The van der Waals surface area contributed by atoms with E-state index in [1.165, 1.54) is 12.1 Å². The standard InChI is InChI=1S/C21H18FNO3S/c1-25-17-7-6-13(9-18(17)26-2)15-10-19(24)23-20-16(11-27-21(15)20)12-4-3-5-14(22)8-12/h3-9,11,15H,10H2,1-2H3,(H,23,24). The van der Waals surface area contributed by atoms with E-state index < -0.39 is 0 Å². The van der Waals surface area contributed by atoms with E-state index in [0.29, 0.717) is 17.9 Å². The second kappa shape index (κ2) is 7.04. The number of carbonyl (C=O) groups is 1. The third-order valence-electron chi connectivity index (χ3n) is 4.74. The summed E-state index contributed by atoms with van der Waals surface area (Å²) >= 11 is 1.57. The molecule has 1 aromatic heterocycles. The van der Waals surface area contributed by atoms with Crippen molar-refractivity contribution >= 4 is 22.9 Å². The van der Waals surface area contributed by atoms with Crippen molar-refractivity contribution in [3.8, 4) is 22.6 Å². The Morgan fingerprint density at radius 2 is 1.93 bits per heavy atom. The van der Waals surface area contributed by atoms with Crippen LogP contribution in [0.5, 0.6) is 11.5 Å². The molecule has 0 aliphatic carbocycles. The van der Waals surface area contributed by atoms with Gasteiger partial charge in [0.25, 0.3) is 0 Å². The zero-order chi connectivity index (χ0) is 19.0. The molecule has 4 nitrogen and oxygen atoms in total. The zero-order valence-corrected chi connectivity index (χ0v) is 15.7. The Kier molecular flexibility index (Phi) is 4.58. The molecule has 27 heavy (non-hydrogen) atoms. The van der Waals surface area contributed by atoms with E-state index >= 15 is 0 Å². The Bertz CT molecular complexity index is 1010. The summed E-state index contributed by atoms with van der Waals surface area (Å²) in [6, 6.07) is 12.1. The summed E-state index contributed by atoms with van der Waals surface area (Å²) in [6.07, 6.45) is 0.353. The topological polar surface area (TPSA) is 47.6 Å². The molecule has 138 valence electrons. The molecule has 0 radical (unpaired) electrons. The molecule has 0 bridgehead atoms. The van der Waals surface area contributed by atoms with Crippen LogP contribution in [0.1, 0.15) is 22.8 Å². The zero-order valence-electron chi connectivity index (χ0n) is 14.9. The number of amides is 1. The van der Waals surface area contributed by atoms with Crippen LogP contribution in [0.3, 0.4) is 0 Å². The highest BCUT2D eigenvalue weighted by Gasteiger charge is 2.31. The molecule has 1 unspecified atom stereocenters. The van der Waals surface area contributed by atoms with Crippen molar-refractivity contribution in [2.45, 2.75) is 12.3 Å². The summed E-state index contributed by atoms with van der Waals surface area (Å²) in [5.41, 5.74) is 3.34. The number of halogens is 1. The molecule has 0 saturated heterocycles. The van der Waals surface area contributed by atoms with Crippen molar-refractivity contribution in [2.24, 2.45) is 0 Å². The first-order chi connectivity index (χ1) is 13.1. The fourth-order valence-corrected chi connectivity index (χ4v) is 4.60. The Labute approximate surface area is 160 Å². The van der Waals surface area contributed by atoms with Gasteiger partial charge in [0.05, 0.1) is 19.9 Å². The number of fused-ring (bicyclic) bond motifs is 1. The van der Waals surface area contributed by atoms with Crippen LogP contribution in [-0.4, -0.2) is 20.1 Å². The van der Waals surface area contributed by atoms with Crippen molar-refractivity contribution < 1.29 is 18.7 Å². The number of rotatable bonds is 4. The average molecular weight is 383 g/mol. The minimum absolute atomic E-state index is 0.0571. The minimum atomic E-state index is -0.300. The van der Waals surface area contributed by atoms with Gasteiger partial charge in [0.15, 0.2) is 11.5 Å². The summed E-state index contributed by atoms with van der Waals surface area (Å²) in [5.74, 6) is 0.836. The fourth-order valence-electron chi connectivity index (χ4n) is 3.43. The van der Waals surface area contributed by atoms with Crippen LogP contribution in [0.25, 0.3) is 11.1 Å². The van der Waals surface area contributed by atoms with Gasteiger partial charge in [-0.2, -0.15) is 0 Å². The summed E-state index contributed by atoms with van der Waals surface area (Å²) < 4.78 is 24.4. The number of benzene rings is 2. The minimum Gasteiger partial charge on any atom is -0.493 e. The summed E-state index contributed by atoms with van der Waals surface area (Å²) in [4.78, 5) is 13.5. The lowest BCUT2D eigenvalue weighted by Crippen LogP contribution is -2.22. The number of hydrogen-bond donors (Lipinski definition) is 1. The van der Waals surface area contributed by atoms with Gasteiger partial charge in [0.2, 0.25) is 5.91 Å². The second-order valence-corrected chi connectivity index (χ2v) is 7.23. The molecule has 2 aromatic carbocycles. The highest BCUT2D eigenvalue weighted by Crippen LogP contribution is 2.47. The maximum absolute atomic E-state index is 13.7. The van der Waals surface area contributed by atoms with E-state index in [1.54, 1.807) is 31.6 Å². The molecule has 1 aliphatic heterocycles. The van der Waals surface area contributed by atoms with Gasteiger partial charge in [-0.15, -0.1) is 11.3 Å². The van der Waals surface area contributed by atoms with Crippen LogP contribution in [0.4, 0.5) is 10.1 Å². The first kappa shape index (κ1) is 17.5. The quantitative estimate of drug-likeness (QED) is 0.686. The van der Waals surface area contributed by atoms with Crippen LogP contribution in [0, 0.1) is 5.82 Å². The third-order valence-corrected chi connectivity index (χ3v) is 5.83. The number of nitrogens with one attached hydrogen (secondary N) is 1. The lowest BCUT2D eigenvalue weighted by molar-refractivity contribution is -0.116. The average Bonchev–Trinajstić information content (AvgIpc) is 3.10. The molecule has 0 saturated carbocycles. The molecule has 3 aromatic rings. The largest absolute Gasteiger partial charge is 0.493 e. The number of anilines is 1. The Balaban J connectivity index is 1.80. The van der Waals surface area contributed by atoms with Crippen molar-refractivity contribution in [1.29, 1.82) is 0 Å². The van der Waals surface area contributed by atoms with Gasteiger partial charge in [-0.1, -0.05) is 18.2 Å². The predicted molar refractivity (Wildman–Crippen MR) is 104 cm³/mol. The molecule has 1 amide bonds. The van der Waals surface area contributed by atoms with Crippen molar-refractivity contribution in [1.82, 2.24) is 0 Å². The Morgan fingerprint density at radius 1 is 1.11 bits per heavy atom. The Morgan fingerprint density at radius 3 is 2.67 bits per heavy atom. The van der Waals surface area contributed by atoms with E-state index in [9.17, 15) is 9.18 Å². The van der Waals surface area contributed by atoms with E-state index in [2.05, 4.69) is 5.32 Å². The highest BCUT2D eigenvalue weighted by atomic mass is 32.1. The van der Waals surface area contributed by atoms with Gasteiger partial charge in [-0.3, -0.25) is 4.79 Å². The maximum atomic E-state index is 13.7. The highest BCUT2D eigenvalue weighted by molar-refractivity contribution is 7.11. The van der Waals surface area contributed by atoms with Crippen LogP contribution in [-0.2, 0) is 4.79 Å². The number of methoxy groups -OCH3 is 2. The molecule has 0 fully saturated rings. The SMILES string of the molecule is COc1ccc(C2CC(=O)Nc3c(-c4cccc(F)c4)csc32)cc1OC. The van der Waals surface area contributed by atoms with E-state index in [0.717, 1.165) is 27.3 Å². The van der Waals surface area contributed by atoms with Gasteiger partial charge in [-0.05, 0) is 35.4 Å². The predicted octanol–water partition coefficient (Wildman–Crippen LogP) is 5.05. The first-order valence-electron chi connectivity index (χ1n) is 8.49. The summed E-state index contributed by atoms with van der Waals surface area (Å²) in [6.45, 7) is 0. The molecular weight excluding hydrogens is 365 g/mol. The molecule has 1 atom stereocenters. The normalized spacial score (nSPS) is 15.8. The lowest BCUT2D eigenvalue weighted by atomic mass is 9.89.